The first-order valence-electron chi connectivity index (χ1n) is 13.3. The van der Waals surface area contributed by atoms with Gasteiger partial charge in [-0.3, -0.25) is 5.32 Å². The Hall–Kier alpha value is -2.16. The van der Waals surface area contributed by atoms with Crippen LogP contribution in [0.4, 0.5) is 4.79 Å². The molecule has 1 heterocycles. The highest BCUT2D eigenvalue weighted by molar-refractivity contribution is 7.15. The van der Waals surface area contributed by atoms with Gasteiger partial charge in [0.05, 0.1) is 16.4 Å². The number of carbonyl (C=O) groups is 1. The summed E-state index contributed by atoms with van der Waals surface area (Å²) in [4.78, 5) is 19.6. The van der Waals surface area contributed by atoms with E-state index in [0.717, 1.165) is 16.0 Å². The molecule has 1 fully saturated rings. The number of nitrogens with zero attached hydrogens (tertiary/aromatic N) is 2. The molecule has 1 aliphatic rings. The number of nitrogens with one attached hydrogen (secondary N) is 1. The molecule has 1 atom stereocenters. The predicted molar refractivity (Wildman–Crippen MR) is 150 cm³/mol. The molecule has 1 aromatic carbocycles. The SMILES string of the molecule is CN(CCOc1ccc(-c2cnc(C3CCCCC3)s2)c(C(C)(O)NC(C)(C)C)c1)C(=O)OC(C)(C)C. The van der Waals surface area contributed by atoms with Crippen molar-refractivity contribution in [3.05, 3.63) is 35.0 Å². The summed E-state index contributed by atoms with van der Waals surface area (Å²) in [6, 6.07) is 5.81. The summed E-state index contributed by atoms with van der Waals surface area (Å²) in [6.45, 7) is 14.1. The highest BCUT2D eigenvalue weighted by Gasteiger charge is 2.32. The van der Waals surface area contributed by atoms with Gasteiger partial charge in [0.25, 0.3) is 0 Å². The smallest absolute Gasteiger partial charge is 0.410 e. The van der Waals surface area contributed by atoms with Crippen molar-refractivity contribution >= 4 is 17.4 Å². The molecule has 2 N–H and O–H groups in total. The molecular formula is C29H45N3O4S. The zero-order valence-corrected chi connectivity index (χ0v) is 24.6. The molecule has 1 aliphatic carbocycles. The third-order valence-corrected chi connectivity index (χ3v) is 7.47. The van der Waals surface area contributed by atoms with Crippen LogP contribution in [-0.2, 0) is 10.5 Å². The normalized spacial score (nSPS) is 16.8. The van der Waals surface area contributed by atoms with Crippen molar-refractivity contribution in [3.8, 4) is 16.2 Å². The van der Waals surface area contributed by atoms with E-state index in [-0.39, 0.29) is 11.6 Å². The van der Waals surface area contributed by atoms with Crippen LogP contribution in [0.25, 0.3) is 10.4 Å². The second-order valence-electron chi connectivity index (χ2n) is 12.3. The number of likely N-dealkylation sites (N-methyl/N-ethyl adjacent to an activating group) is 1. The minimum atomic E-state index is -1.30. The summed E-state index contributed by atoms with van der Waals surface area (Å²) < 4.78 is 11.4. The largest absolute Gasteiger partial charge is 0.492 e. The highest BCUT2D eigenvalue weighted by Crippen LogP contribution is 2.41. The maximum absolute atomic E-state index is 12.2. The van der Waals surface area contributed by atoms with Gasteiger partial charge in [-0.2, -0.15) is 0 Å². The van der Waals surface area contributed by atoms with Crippen molar-refractivity contribution in [2.75, 3.05) is 20.2 Å². The van der Waals surface area contributed by atoms with Gasteiger partial charge >= 0.3 is 6.09 Å². The number of ether oxygens (including phenoxy) is 2. The number of carbonyl (C=O) groups excluding carboxylic acids is 1. The molecule has 0 bridgehead atoms. The molecule has 7 nitrogen and oxygen atoms in total. The van der Waals surface area contributed by atoms with Crippen LogP contribution >= 0.6 is 11.3 Å². The number of hydrogen-bond donors (Lipinski definition) is 2. The number of benzene rings is 1. The molecule has 1 amide bonds. The molecule has 1 aromatic heterocycles. The molecule has 0 spiro atoms. The van der Waals surface area contributed by atoms with Gasteiger partial charge in [0.1, 0.15) is 23.7 Å². The standard InChI is InChI=1S/C29H45N3O4S/c1-27(2,3)31-29(7,34)23-18-21(35-17-16-32(8)26(33)36-28(4,5)6)14-15-22(23)24-19-30-25(37-24)20-12-10-9-11-13-20/h14-15,18-20,31,34H,9-13,16-17H2,1-8H3. The van der Waals surface area contributed by atoms with Gasteiger partial charge in [-0.1, -0.05) is 19.3 Å². The van der Waals surface area contributed by atoms with Crippen molar-refractivity contribution in [2.45, 2.75) is 103 Å². The number of thiazole rings is 1. The molecule has 0 aliphatic heterocycles. The zero-order chi connectivity index (χ0) is 27.4. The maximum Gasteiger partial charge on any atom is 0.410 e. The number of aliphatic hydroxyl groups is 1. The fourth-order valence-electron chi connectivity index (χ4n) is 4.71. The van der Waals surface area contributed by atoms with E-state index in [1.54, 1.807) is 25.3 Å². The van der Waals surface area contributed by atoms with Gasteiger partial charge in [0, 0.05) is 35.8 Å². The molecular weight excluding hydrogens is 486 g/mol. The van der Waals surface area contributed by atoms with Crippen LogP contribution < -0.4 is 10.1 Å². The van der Waals surface area contributed by atoms with Crippen molar-refractivity contribution in [1.29, 1.82) is 0 Å². The molecule has 1 unspecified atom stereocenters. The molecule has 37 heavy (non-hydrogen) atoms. The molecule has 0 saturated heterocycles. The minimum Gasteiger partial charge on any atom is -0.492 e. The Morgan fingerprint density at radius 3 is 2.43 bits per heavy atom. The second kappa shape index (κ2) is 11.7. The van der Waals surface area contributed by atoms with Crippen LogP contribution in [0.1, 0.15) is 97.1 Å². The Bertz CT molecular complexity index is 1050. The molecule has 1 saturated carbocycles. The zero-order valence-electron chi connectivity index (χ0n) is 23.8. The second-order valence-corrected chi connectivity index (χ2v) is 13.4. The lowest BCUT2D eigenvalue weighted by Crippen LogP contribution is -2.50. The highest BCUT2D eigenvalue weighted by atomic mass is 32.1. The maximum atomic E-state index is 12.2. The lowest BCUT2D eigenvalue weighted by molar-refractivity contribution is -0.00384. The molecule has 8 heteroatoms. The summed E-state index contributed by atoms with van der Waals surface area (Å²) >= 11 is 1.73. The molecule has 3 rings (SSSR count). The first kappa shape index (κ1) is 29.4. The lowest BCUT2D eigenvalue weighted by atomic mass is 9.90. The van der Waals surface area contributed by atoms with Gasteiger partial charge in [-0.15, -0.1) is 11.3 Å². The summed E-state index contributed by atoms with van der Waals surface area (Å²) in [6.07, 6.45) is 7.81. The van der Waals surface area contributed by atoms with Gasteiger partial charge in [-0.05, 0) is 79.5 Å². The van der Waals surface area contributed by atoms with Crippen LogP contribution in [0.5, 0.6) is 5.75 Å². The average Bonchev–Trinajstić information content (AvgIpc) is 3.27. The van der Waals surface area contributed by atoms with Crippen LogP contribution in [0.15, 0.2) is 24.4 Å². The van der Waals surface area contributed by atoms with Crippen molar-refractivity contribution in [3.63, 3.8) is 0 Å². The first-order chi connectivity index (χ1) is 17.1. The Morgan fingerprint density at radius 1 is 1.14 bits per heavy atom. The molecule has 206 valence electrons. The minimum absolute atomic E-state index is 0.301. The van der Waals surface area contributed by atoms with E-state index in [1.807, 2.05) is 65.9 Å². The average molecular weight is 532 g/mol. The summed E-state index contributed by atoms with van der Waals surface area (Å²) in [5.41, 5.74) is -0.473. The van der Waals surface area contributed by atoms with Gasteiger partial charge in [0.2, 0.25) is 0 Å². The number of amides is 1. The molecule has 2 aromatic rings. The van der Waals surface area contributed by atoms with Gasteiger partial charge in [0.15, 0.2) is 0 Å². The fraction of sp³-hybridized carbons (Fsp3) is 0.655. The summed E-state index contributed by atoms with van der Waals surface area (Å²) in [7, 11) is 1.69. The third kappa shape index (κ3) is 8.69. The lowest BCUT2D eigenvalue weighted by Gasteiger charge is -2.35. The van der Waals surface area contributed by atoms with Gasteiger partial charge < -0.3 is 19.5 Å². The van der Waals surface area contributed by atoms with E-state index in [2.05, 4.69) is 5.32 Å². The Kier molecular flexibility index (Phi) is 9.30. The van der Waals surface area contributed by atoms with E-state index in [0.29, 0.717) is 24.8 Å². The Labute approximate surface area is 226 Å². The van der Waals surface area contributed by atoms with E-state index < -0.39 is 11.3 Å². The van der Waals surface area contributed by atoms with Crippen molar-refractivity contribution < 1.29 is 19.4 Å². The van der Waals surface area contributed by atoms with Gasteiger partial charge in [-0.25, -0.2) is 9.78 Å². The topological polar surface area (TPSA) is 83.9 Å². The third-order valence-electron chi connectivity index (χ3n) is 6.28. The van der Waals surface area contributed by atoms with E-state index >= 15 is 0 Å². The number of aromatic nitrogens is 1. The number of hydrogen-bond acceptors (Lipinski definition) is 7. The van der Waals surface area contributed by atoms with Crippen molar-refractivity contribution in [2.24, 2.45) is 0 Å². The first-order valence-corrected chi connectivity index (χ1v) is 14.2. The number of rotatable bonds is 8. The fourth-order valence-corrected chi connectivity index (χ4v) is 5.84. The van der Waals surface area contributed by atoms with Crippen LogP contribution in [0, 0.1) is 0 Å². The predicted octanol–water partition coefficient (Wildman–Crippen LogP) is 6.66. The van der Waals surface area contributed by atoms with E-state index in [1.165, 1.54) is 42.0 Å². The Morgan fingerprint density at radius 2 is 1.81 bits per heavy atom. The van der Waals surface area contributed by atoms with E-state index in [9.17, 15) is 9.90 Å². The summed E-state index contributed by atoms with van der Waals surface area (Å²) in [5, 5.41) is 16.1. The quantitative estimate of drug-likeness (QED) is 0.371. The Balaban J connectivity index is 1.82. The van der Waals surface area contributed by atoms with Crippen molar-refractivity contribution in [1.82, 2.24) is 15.2 Å². The van der Waals surface area contributed by atoms with Crippen LogP contribution in [-0.4, -0.2) is 52.4 Å². The summed E-state index contributed by atoms with van der Waals surface area (Å²) in [5.74, 6) is 1.16. The molecule has 0 radical (unpaired) electrons. The van der Waals surface area contributed by atoms with E-state index in [4.69, 9.17) is 14.5 Å². The monoisotopic (exact) mass is 531 g/mol. The van der Waals surface area contributed by atoms with Crippen LogP contribution in [0.3, 0.4) is 0 Å². The van der Waals surface area contributed by atoms with Crippen LogP contribution in [0.2, 0.25) is 0 Å².